The van der Waals surface area contributed by atoms with Crippen LogP contribution in [0.1, 0.15) is 0 Å². The molecule has 0 aromatic heterocycles. The highest BCUT2D eigenvalue weighted by molar-refractivity contribution is 9.16. The van der Waals surface area contributed by atoms with Crippen molar-refractivity contribution in [1.29, 1.82) is 0 Å². The van der Waals surface area contributed by atoms with Gasteiger partial charge in [-0.2, -0.15) is 0 Å². The Hall–Kier alpha value is 1.20. The maximum absolute atomic E-state index is 11.7. The van der Waals surface area contributed by atoms with Crippen molar-refractivity contribution in [1.82, 2.24) is 5.32 Å². The molecule has 0 bridgehead atoms. The number of hydrogen-bond donors (Lipinski definition) is 1. The summed E-state index contributed by atoms with van der Waals surface area (Å²) in [6.45, 7) is 0. The first-order valence-corrected chi connectivity index (χ1v) is 11.7. The molecule has 1 saturated heterocycles. The van der Waals surface area contributed by atoms with Crippen LogP contribution in [-0.2, 0) is 9.59 Å². The van der Waals surface area contributed by atoms with Gasteiger partial charge in [-0.05, 0) is 72.1 Å². The van der Waals surface area contributed by atoms with Gasteiger partial charge in [-0.1, -0.05) is 69.8 Å². The van der Waals surface area contributed by atoms with Gasteiger partial charge in [-0.3, -0.25) is 14.9 Å². The lowest BCUT2D eigenvalue weighted by molar-refractivity contribution is -0.125. The van der Waals surface area contributed by atoms with E-state index < -0.39 is 8.65 Å². The van der Waals surface area contributed by atoms with Crippen LogP contribution in [0.2, 0.25) is 0 Å². The molecule has 0 spiro atoms. The van der Waals surface area contributed by atoms with E-state index in [-0.39, 0.29) is 11.8 Å². The number of carbonyl (C=O) groups excluding carboxylic acids is 2. The Morgan fingerprint density at radius 3 is 1.92 bits per heavy atom. The summed E-state index contributed by atoms with van der Waals surface area (Å²) in [5, 5.41) is 2.28. The van der Waals surface area contributed by atoms with E-state index in [1.54, 1.807) is 12.2 Å². The Balaban J connectivity index is 0.000000198. The minimum atomic E-state index is -1.10. The highest BCUT2D eigenvalue weighted by atomic mass is 79.9. The third kappa shape index (κ3) is 3.75. The van der Waals surface area contributed by atoms with Gasteiger partial charge in [0.1, 0.15) is 0 Å². The zero-order chi connectivity index (χ0) is 18.3. The van der Waals surface area contributed by atoms with Crippen LogP contribution >= 0.6 is 112 Å². The Bertz CT molecular complexity index is 771. The summed E-state index contributed by atoms with van der Waals surface area (Å²) in [5.74, 6) is -0.768. The maximum atomic E-state index is 11.7. The number of imide groups is 1. The summed E-state index contributed by atoms with van der Waals surface area (Å²) in [6, 6.07) is 5.93. The number of benzene rings is 1. The second-order valence-corrected chi connectivity index (χ2v) is 11.4. The topological polar surface area (TPSA) is 46.2 Å². The van der Waals surface area contributed by atoms with Crippen molar-refractivity contribution >= 4 is 123 Å². The average molecular weight is 780 g/mol. The summed E-state index contributed by atoms with van der Waals surface area (Å²) in [4.78, 5) is 23.5. The van der Waals surface area contributed by atoms with Gasteiger partial charge in [-0.25, -0.2) is 0 Å². The quantitative estimate of drug-likeness (QED) is 0.187. The molecule has 1 N–H and O–H groups in total. The van der Waals surface area contributed by atoms with Crippen LogP contribution in [0.4, 0.5) is 0 Å². The maximum Gasteiger partial charge on any atom is 0.250 e. The lowest BCUT2D eigenvalue weighted by atomic mass is 9.90. The van der Waals surface area contributed by atoms with Crippen molar-refractivity contribution in [2.45, 2.75) is 8.65 Å². The SMILES string of the molecule is Brc1cccc(Br)c1Br.O=C1NC(=O)C2(Br)C(Br)=CC(Br)=CC12Br. The number of amides is 2. The first kappa shape index (κ1) is 21.5. The number of fused-ring (bicyclic) bond motifs is 1. The first-order chi connectivity index (χ1) is 11.0. The minimum Gasteiger partial charge on any atom is -0.293 e. The van der Waals surface area contributed by atoms with Gasteiger partial charge >= 0.3 is 0 Å². The van der Waals surface area contributed by atoms with E-state index in [1.165, 1.54) is 0 Å². The van der Waals surface area contributed by atoms with E-state index in [4.69, 9.17) is 0 Å². The molecule has 0 radical (unpaired) electrons. The largest absolute Gasteiger partial charge is 0.293 e. The van der Waals surface area contributed by atoms with E-state index in [9.17, 15) is 9.59 Å². The monoisotopic (exact) mass is 772 g/mol. The summed E-state index contributed by atoms with van der Waals surface area (Å²) >= 11 is 23.3. The van der Waals surface area contributed by atoms with Crippen molar-refractivity contribution in [2.24, 2.45) is 0 Å². The Labute approximate surface area is 197 Å². The molecule has 1 aliphatic heterocycles. The molecule has 1 heterocycles. The Morgan fingerprint density at radius 2 is 1.42 bits per heavy atom. The second kappa shape index (κ2) is 8.06. The van der Waals surface area contributed by atoms with Crippen molar-refractivity contribution in [3.05, 3.63) is 52.7 Å². The van der Waals surface area contributed by atoms with Crippen LogP contribution in [-0.4, -0.2) is 20.5 Å². The molecule has 3 nitrogen and oxygen atoms in total. The molecule has 1 fully saturated rings. The van der Waals surface area contributed by atoms with E-state index in [0.717, 1.165) is 17.9 Å². The van der Waals surface area contributed by atoms with Gasteiger partial charge in [0.25, 0.3) is 5.91 Å². The van der Waals surface area contributed by atoms with Gasteiger partial charge in [0, 0.05) is 22.4 Å². The van der Waals surface area contributed by atoms with E-state index >= 15 is 0 Å². The number of allylic oxidation sites excluding steroid dienone is 2. The van der Waals surface area contributed by atoms with Gasteiger partial charge in [-0.15, -0.1) is 0 Å². The fourth-order valence-corrected chi connectivity index (χ4v) is 6.68. The number of rotatable bonds is 0. The molecule has 2 aliphatic rings. The first-order valence-electron chi connectivity index (χ1n) is 6.13. The zero-order valence-electron chi connectivity index (χ0n) is 11.3. The predicted octanol–water partition coefficient (Wildman–Crippen LogP) is 6.46. The molecule has 1 aromatic carbocycles. The highest BCUT2D eigenvalue weighted by Gasteiger charge is 2.65. The lowest BCUT2D eigenvalue weighted by Crippen LogP contribution is -2.48. The molecule has 10 heteroatoms. The number of hydrogen-bond acceptors (Lipinski definition) is 2. The number of nitrogens with one attached hydrogen (secondary N) is 1. The molecule has 1 aliphatic carbocycles. The third-order valence-corrected chi connectivity index (χ3v) is 11.4. The van der Waals surface area contributed by atoms with Crippen LogP contribution in [0.15, 0.2) is 52.7 Å². The average Bonchev–Trinajstić information content (AvgIpc) is 2.66. The standard InChI is InChI=1S/C8H3Br4NO2.C6H3Br3/c9-3-1-4(10)8(12)6(15)13-5(14)7(8,11)2-3;7-4-2-1-3-5(8)6(4)9/h1-2H,(H,13,14,15);1-3H. The smallest absolute Gasteiger partial charge is 0.250 e. The van der Waals surface area contributed by atoms with Gasteiger partial charge in [0.2, 0.25) is 5.91 Å². The van der Waals surface area contributed by atoms with Gasteiger partial charge in [0.05, 0.1) is 0 Å². The van der Waals surface area contributed by atoms with Crippen LogP contribution in [0, 0.1) is 0 Å². The molecular weight excluding hydrogens is 773 g/mol. The molecular formula is C14H6Br7NO2. The van der Waals surface area contributed by atoms with Gasteiger partial charge < -0.3 is 0 Å². The highest BCUT2D eigenvalue weighted by Crippen LogP contribution is 2.54. The molecule has 24 heavy (non-hydrogen) atoms. The molecule has 3 rings (SSSR count). The number of carbonyl (C=O) groups is 2. The normalized spacial score (nSPS) is 28.3. The van der Waals surface area contributed by atoms with Crippen LogP contribution in [0.25, 0.3) is 0 Å². The zero-order valence-corrected chi connectivity index (χ0v) is 22.5. The van der Waals surface area contributed by atoms with E-state index in [0.29, 0.717) is 4.48 Å². The summed E-state index contributed by atoms with van der Waals surface area (Å²) < 4.78 is 2.31. The molecule has 2 unspecified atom stereocenters. The molecule has 128 valence electrons. The van der Waals surface area contributed by atoms with Gasteiger partial charge in [0.15, 0.2) is 8.65 Å². The van der Waals surface area contributed by atoms with Crippen molar-refractivity contribution < 1.29 is 9.59 Å². The molecule has 2 amide bonds. The fraction of sp³-hybridized carbons (Fsp3) is 0.143. The van der Waals surface area contributed by atoms with Crippen LogP contribution < -0.4 is 5.32 Å². The van der Waals surface area contributed by atoms with E-state index in [2.05, 4.69) is 117 Å². The predicted molar refractivity (Wildman–Crippen MR) is 120 cm³/mol. The molecule has 0 saturated carbocycles. The third-order valence-electron chi connectivity index (χ3n) is 3.21. The summed E-state index contributed by atoms with van der Waals surface area (Å²) in [5.41, 5.74) is 0. The lowest BCUT2D eigenvalue weighted by Gasteiger charge is -2.33. The van der Waals surface area contributed by atoms with Crippen molar-refractivity contribution in [3.63, 3.8) is 0 Å². The van der Waals surface area contributed by atoms with Crippen LogP contribution in [0.3, 0.4) is 0 Å². The second-order valence-electron chi connectivity index (χ2n) is 4.71. The van der Waals surface area contributed by atoms with Crippen LogP contribution in [0.5, 0.6) is 0 Å². The summed E-state index contributed by atoms with van der Waals surface area (Å²) in [6.07, 6.45) is 3.37. The minimum absolute atomic E-state index is 0.383. The number of alkyl halides is 2. The molecule has 1 aromatic rings. The number of halogens is 7. The van der Waals surface area contributed by atoms with Crippen molar-refractivity contribution in [3.8, 4) is 0 Å². The summed E-state index contributed by atoms with van der Waals surface area (Å²) in [7, 11) is 0. The Kier molecular flexibility index (Phi) is 7.22. The Morgan fingerprint density at radius 1 is 0.875 bits per heavy atom. The van der Waals surface area contributed by atoms with E-state index in [1.807, 2.05) is 18.2 Å². The molecule has 2 atom stereocenters. The van der Waals surface area contributed by atoms with Crippen molar-refractivity contribution in [2.75, 3.05) is 0 Å². The fourth-order valence-electron chi connectivity index (χ4n) is 1.98.